The van der Waals surface area contributed by atoms with Gasteiger partial charge >= 0.3 is 5.97 Å². The summed E-state index contributed by atoms with van der Waals surface area (Å²) < 4.78 is 36.9. The van der Waals surface area contributed by atoms with Gasteiger partial charge in [0.2, 0.25) is 6.29 Å². The van der Waals surface area contributed by atoms with Crippen molar-refractivity contribution in [2.75, 3.05) is 13.7 Å². The lowest BCUT2D eigenvalue weighted by Gasteiger charge is -2.47. The van der Waals surface area contributed by atoms with Gasteiger partial charge in [-0.25, -0.2) is 4.79 Å². The van der Waals surface area contributed by atoms with E-state index in [0.717, 1.165) is 16.7 Å². The molecule has 2 heterocycles. The number of ether oxygens (including phenoxy) is 6. The monoisotopic (exact) mass is 562 g/mol. The summed E-state index contributed by atoms with van der Waals surface area (Å²) in [7, 11) is 1.36. The number of allylic oxidation sites excluding steroid dienone is 1. The lowest BCUT2D eigenvalue weighted by molar-refractivity contribution is -0.266. The quantitative estimate of drug-likeness (QED) is 0.278. The van der Waals surface area contributed by atoms with Crippen LogP contribution in [0.3, 0.4) is 0 Å². The van der Waals surface area contributed by atoms with Crippen LogP contribution in [0.25, 0.3) is 0 Å². The third kappa shape index (κ3) is 7.13. The van der Waals surface area contributed by atoms with Gasteiger partial charge < -0.3 is 28.4 Å². The smallest absolute Gasteiger partial charge is 0.347 e. The zero-order chi connectivity index (χ0) is 27.7. The summed E-state index contributed by atoms with van der Waals surface area (Å²) in [5.41, 5.74) is 3.14. The van der Waals surface area contributed by atoms with E-state index < -0.39 is 30.6 Å². The molecule has 210 valence electrons. The van der Waals surface area contributed by atoms with E-state index in [1.807, 2.05) is 91.0 Å². The van der Waals surface area contributed by atoms with Crippen molar-refractivity contribution in [2.45, 2.75) is 56.6 Å². The van der Waals surface area contributed by atoms with Crippen LogP contribution in [0.1, 0.15) is 23.6 Å². The van der Waals surface area contributed by atoms with Crippen molar-refractivity contribution in [2.24, 2.45) is 0 Å². The normalized spacial score (nSPS) is 24.2. The number of carbonyl (C=O) groups is 1. The molecule has 0 N–H and O–H groups in total. The van der Waals surface area contributed by atoms with Crippen molar-refractivity contribution in [3.63, 3.8) is 0 Å². The van der Waals surface area contributed by atoms with Crippen molar-refractivity contribution in [1.29, 1.82) is 0 Å². The van der Waals surface area contributed by atoms with Gasteiger partial charge in [-0.15, -0.1) is 11.8 Å². The van der Waals surface area contributed by atoms with Crippen LogP contribution in [-0.4, -0.2) is 49.5 Å². The third-order valence-corrected chi connectivity index (χ3v) is 8.25. The van der Waals surface area contributed by atoms with Gasteiger partial charge in [0.25, 0.3) is 0 Å². The van der Waals surface area contributed by atoms with Gasteiger partial charge in [-0.3, -0.25) is 0 Å². The number of hydrogen-bond donors (Lipinski definition) is 0. The molecule has 2 aliphatic heterocycles. The summed E-state index contributed by atoms with van der Waals surface area (Å²) in [6.45, 7) is 3.21. The molecule has 0 spiro atoms. The second-order valence-electron chi connectivity index (χ2n) is 9.64. The van der Waals surface area contributed by atoms with Crippen LogP contribution >= 0.6 is 11.8 Å². The highest BCUT2D eigenvalue weighted by atomic mass is 32.2. The molecular formula is C32H34O7S. The Morgan fingerprint density at radius 3 is 1.85 bits per heavy atom. The molecule has 3 aromatic rings. The Bertz CT molecular complexity index is 1250. The van der Waals surface area contributed by atoms with Gasteiger partial charge in [0.05, 0.1) is 33.5 Å². The van der Waals surface area contributed by atoms with E-state index >= 15 is 0 Å². The number of fused-ring (bicyclic) bond motifs is 1. The number of methoxy groups -OCH3 is 1. The van der Waals surface area contributed by atoms with E-state index in [-0.39, 0.29) is 11.9 Å². The number of carbonyl (C=O) groups excluding carboxylic acids is 1. The van der Waals surface area contributed by atoms with E-state index in [1.54, 1.807) is 6.92 Å². The summed E-state index contributed by atoms with van der Waals surface area (Å²) in [5.74, 6) is 0.0188. The molecule has 0 aromatic heterocycles. The molecule has 0 bridgehead atoms. The molecule has 0 radical (unpaired) electrons. The second kappa shape index (κ2) is 14.0. The van der Waals surface area contributed by atoms with Gasteiger partial charge in [-0.05, 0) is 23.6 Å². The molecule has 5 rings (SSSR count). The molecule has 40 heavy (non-hydrogen) atoms. The van der Waals surface area contributed by atoms with Crippen molar-refractivity contribution < 1.29 is 33.2 Å². The Labute approximate surface area is 239 Å². The third-order valence-electron chi connectivity index (χ3n) is 6.79. The van der Waals surface area contributed by atoms with Crippen LogP contribution in [0.2, 0.25) is 0 Å². The largest absolute Gasteiger partial charge is 0.467 e. The molecular weight excluding hydrogens is 528 g/mol. The van der Waals surface area contributed by atoms with Gasteiger partial charge in [0.15, 0.2) is 0 Å². The first-order valence-electron chi connectivity index (χ1n) is 13.3. The van der Waals surface area contributed by atoms with Crippen LogP contribution in [0.15, 0.2) is 102 Å². The maximum absolute atomic E-state index is 12.6. The average molecular weight is 563 g/mol. The fraction of sp³-hybridized carbons (Fsp3) is 0.344. The molecule has 1 fully saturated rings. The van der Waals surface area contributed by atoms with Crippen molar-refractivity contribution >= 4 is 17.7 Å². The van der Waals surface area contributed by atoms with E-state index in [9.17, 15) is 4.79 Å². The fourth-order valence-corrected chi connectivity index (χ4v) is 6.02. The predicted octanol–water partition coefficient (Wildman–Crippen LogP) is 5.64. The topological polar surface area (TPSA) is 72.5 Å². The van der Waals surface area contributed by atoms with Gasteiger partial charge in [-0.1, -0.05) is 91.0 Å². The average Bonchev–Trinajstić information content (AvgIpc) is 3.00. The summed E-state index contributed by atoms with van der Waals surface area (Å²) in [5, 5.41) is -0.368. The molecule has 0 amide bonds. The number of esters is 1. The Kier molecular flexibility index (Phi) is 9.91. The van der Waals surface area contributed by atoms with Crippen molar-refractivity contribution in [3.8, 4) is 0 Å². The number of rotatable bonds is 11. The van der Waals surface area contributed by atoms with Gasteiger partial charge in [-0.2, -0.15) is 0 Å². The zero-order valence-electron chi connectivity index (χ0n) is 22.6. The molecule has 0 saturated carbocycles. The molecule has 0 aliphatic carbocycles. The molecule has 2 aliphatic rings. The highest BCUT2D eigenvalue weighted by Crippen LogP contribution is 2.43. The van der Waals surface area contributed by atoms with Crippen LogP contribution in [-0.2, 0) is 53.0 Å². The molecule has 8 heteroatoms. The molecule has 1 saturated heterocycles. The molecule has 7 nitrogen and oxygen atoms in total. The van der Waals surface area contributed by atoms with Gasteiger partial charge in [0, 0.05) is 0 Å². The first-order chi connectivity index (χ1) is 19.6. The second-order valence-corrected chi connectivity index (χ2v) is 10.8. The molecule has 5 atom stereocenters. The molecule has 0 unspecified atom stereocenters. The Hall–Kier alpha value is -3.14. The lowest BCUT2D eigenvalue weighted by Crippen LogP contribution is -2.60. The van der Waals surface area contributed by atoms with Gasteiger partial charge in [0.1, 0.15) is 34.2 Å². The van der Waals surface area contributed by atoms with Crippen molar-refractivity contribution in [3.05, 3.63) is 118 Å². The summed E-state index contributed by atoms with van der Waals surface area (Å²) in [4.78, 5) is 13.0. The highest BCUT2D eigenvalue weighted by Gasteiger charge is 2.52. The number of hydrogen-bond acceptors (Lipinski definition) is 8. The van der Waals surface area contributed by atoms with E-state index in [4.69, 9.17) is 28.4 Å². The maximum Gasteiger partial charge on any atom is 0.347 e. The zero-order valence-corrected chi connectivity index (χ0v) is 23.5. The fourth-order valence-electron chi connectivity index (χ4n) is 4.76. The minimum absolute atomic E-state index is 0.281. The van der Waals surface area contributed by atoms with E-state index in [1.165, 1.54) is 18.9 Å². The summed E-state index contributed by atoms with van der Waals surface area (Å²) >= 11 is 1.36. The van der Waals surface area contributed by atoms with Crippen LogP contribution in [0.5, 0.6) is 0 Å². The van der Waals surface area contributed by atoms with Crippen LogP contribution in [0, 0.1) is 0 Å². The minimum atomic E-state index is -0.652. The Morgan fingerprint density at radius 1 is 0.775 bits per heavy atom. The van der Waals surface area contributed by atoms with Crippen LogP contribution < -0.4 is 0 Å². The lowest BCUT2D eigenvalue weighted by atomic mass is 10.00. The number of benzene rings is 3. The number of thioether (sulfide) groups is 1. The standard InChI is InChI=1S/C32H34O7S/c1-22-29(31(33)34-2)40-30-28(37-20-25-16-10-5-11-17-25)27(36-19-24-14-8-4-9-15-24)26(39-32(30)38-22)21-35-18-23-12-6-3-7-13-23/h3-17,26-28,30,32H,18-21H2,1-2H3/t26-,27-,28-,30-,32+/m1/s1. The summed E-state index contributed by atoms with van der Waals surface area (Å²) in [6.07, 6.45) is -2.08. The first kappa shape index (κ1) is 28.4. The predicted molar refractivity (Wildman–Crippen MR) is 152 cm³/mol. The molecule has 3 aromatic carbocycles. The Morgan fingerprint density at radius 2 is 1.30 bits per heavy atom. The van der Waals surface area contributed by atoms with E-state index in [0.29, 0.717) is 30.5 Å². The van der Waals surface area contributed by atoms with E-state index in [2.05, 4.69) is 0 Å². The minimum Gasteiger partial charge on any atom is -0.467 e. The highest BCUT2D eigenvalue weighted by molar-refractivity contribution is 8.04. The van der Waals surface area contributed by atoms with Crippen LogP contribution in [0.4, 0.5) is 0 Å². The maximum atomic E-state index is 12.6. The SMILES string of the molecule is COC(=O)C1=C(C)O[C@H]2O[C@H](COCc3ccccc3)[C@@H](OCc3ccccc3)[C@@H](OCc3ccccc3)[C@H]2S1. The first-order valence-corrected chi connectivity index (χ1v) is 14.2. The Balaban J connectivity index is 1.41. The summed E-state index contributed by atoms with van der Waals surface area (Å²) in [6, 6.07) is 30.0. The van der Waals surface area contributed by atoms with Crippen molar-refractivity contribution in [1.82, 2.24) is 0 Å².